The second-order valence-electron chi connectivity index (χ2n) is 2.19. The predicted octanol–water partition coefficient (Wildman–Crippen LogP) is 0.477. The minimum absolute atomic E-state index is 0.613. The van der Waals surface area contributed by atoms with Crippen LogP contribution < -0.4 is 5.73 Å². The predicted molar refractivity (Wildman–Crippen MR) is 33.4 cm³/mol. The molecule has 1 heterocycles. The number of rotatable bonds is 0. The van der Waals surface area contributed by atoms with Gasteiger partial charge in [-0.3, -0.25) is 0 Å². The van der Waals surface area contributed by atoms with Crippen molar-refractivity contribution in [3.05, 3.63) is 9.91 Å². The van der Waals surface area contributed by atoms with Gasteiger partial charge >= 0.3 is 52.0 Å². The van der Waals surface area contributed by atoms with Crippen LogP contribution in [-0.4, -0.2) is 25.2 Å². The molecule has 0 bridgehead atoms. The molecular formula is C5H10InN. The van der Waals surface area contributed by atoms with Crippen LogP contribution in [0.15, 0.2) is 9.91 Å². The molecule has 1 atom stereocenters. The molecule has 2 heteroatoms. The Bertz CT molecular complexity index is 90.1. The average Bonchev–Trinajstić information content (AvgIpc) is 1.91. The molecule has 0 saturated carbocycles. The fraction of sp³-hybridized carbons (Fsp3) is 0.600. The maximum absolute atomic E-state index is 5.71. The van der Waals surface area contributed by atoms with Gasteiger partial charge in [0.25, 0.3) is 0 Å². The Kier molecular flexibility index (Phi) is 1.81. The van der Waals surface area contributed by atoms with Crippen molar-refractivity contribution in [3.8, 4) is 0 Å². The molecule has 2 N–H and O–H groups in total. The quantitative estimate of drug-likeness (QED) is 0.603. The van der Waals surface area contributed by atoms with Gasteiger partial charge in [0.05, 0.1) is 0 Å². The Morgan fingerprint density at radius 1 is 1.86 bits per heavy atom. The van der Waals surface area contributed by atoms with Crippen molar-refractivity contribution in [1.29, 1.82) is 0 Å². The topological polar surface area (TPSA) is 26.0 Å². The van der Waals surface area contributed by atoms with Gasteiger partial charge < -0.3 is 0 Å². The molecule has 0 aliphatic carbocycles. The van der Waals surface area contributed by atoms with E-state index in [1.165, 1.54) is 0 Å². The maximum atomic E-state index is 5.71. The van der Waals surface area contributed by atoms with E-state index in [0.717, 1.165) is 6.42 Å². The van der Waals surface area contributed by atoms with Crippen molar-refractivity contribution < 1.29 is 0 Å². The summed E-state index contributed by atoms with van der Waals surface area (Å²) in [5, 5.41) is 0. The summed E-state index contributed by atoms with van der Waals surface area (Å²) < 4.78 is 5.35. The van der Waals surface area contributed by atoms with Crippen molar-refractivity contribution in [2.24, 2.45) is 5.73 Å². The molecule has 0 amide bonds. The first-order valence-electron chi connectivity index (χ1n) is 2.73. The summed E-state index contributed by atoms with van der Waals surface area (Å²) in [6.45, 7) is 0. The summed E-state index contributed by atoms with van der Waals surface area (Å²) >= 11 is -1.14. The molecule has 1 aliphatic rings. The third kappa shape index (κ3) is 1.23. The first kappa shape index (κ1) is 5.70. The molecule has 38 valence electrons. The molecular weight excluding hydrogens is 189 g/mol. The summed E-state index contributed by atoms with van der Waals surface area (Å²) in [4.78, 5) is 0. The van der Waals surface area contributed by atoms with Crippen LogP contribution in [0.25, 0.3) is 0 Å². The standard InChI is InChI=1S/C4H7N.CH3.In/c1-2-3-4-5;;/h1-2,4H,3,5H2;1H3;. The normalized spacial score (nSPS) is 29.4. The number of hydrogen-bond acceptors (Lipinski definition) is 1. The van der Waals surface area contributed by atoms with Gasteiger partial charge in [0, 0.05) is 0 Å². The monoisotopic (exact) mass is 199 g/mol. The molecule has 0 spiro atoms. The number of hydrogen-bond donors (Lipinski definition) is 1. The van der Waals surface area contributed by atoms with Crippen LogP contribution in [0, 0.1) is 0 Å². The van der Waals surface area contributed by atoms with Gasteiger partial charge in [-0.05, 0) is 0 Å². The molecule has 0 saturated heterocycles. The van der Waals surface area contributed by atoms with Crippen LogP contribution in [0.4, 0.5) is 0 Å². The van der Waals surface area contributed by atoms with E-state index in [1.807, 2.05) is 0 Å². The van der Waals surface area contributed by atoms with Crippen LogP contribution in [-0.2, 0) is 0 Å². The first-order valence-corrected chi connectivity index (χ1v) is 9.83. The zero-order chi connectivity index (χ0) is 5.28. The van der Waals surface area contributed by atoms with Crippen molar-refractivity contribution >= 4 is 21.4 Å². The third-order valence-electron chi connectivity index (χ3n) is 1.52. The van der Waals surface area contributed by atoms with Crippen LogP contribution in [0.5, 0.6) is 0 Å². The second-order valence-corrected chi connectivity index (χ2v) is 10.6. The fourth-order valence-electron chi connectivity index (χ4n) is 0.808. The van der Waals surface area contributed by atoms with Gasteiger partial charge in [0.15, 0.2) is 0 Å². The molecule has 0 aromatic heterocycles. The second kappa shape index (κ2) is 2.23. The molecule has 0 fully saturated rings. The van der Waals surface area contributed by atoms with Crippen LogP contribution in [0.2, 0.25) is 4.68 Å². The van der Waals surface area contributed by atoms with E-state index in [2.05, 4.69) is 14.6 Å². The molecule has 0 aromatic rings. The van der Waals surface area contributed by atoms with E-state index in [1.54, 1.807) is 0 Å². The van der Waals surface area contributed by atoms with Crippen LogP contribution in [0.3, 0.4) is 0 Å². The van der Waals surface area contributed by atoms with Crippen molar-refractivity contribution in [2.45, 2.75) is 14.9 Å². The van der Waals surface area contributed by atoms with Gasteiger partial charge in [-0.2, -0.15) is 0 Å². The third-order valence-corrected chi connectivity index (χ3v) is 8.66. The van der Waals surface area contributed by atoms with Crippen molar-refractivity contribution in [2.75, 3.05) is 0 Å². The number of nitrogens with two attached hydrogens (primary N) is 1. The van der Waals surface area contributed by atoms with Crippen molar-refractivity contribution in [1.82, 2.24) is 0 Å². The Hall–Kier alpha value is 0.570. The molecule has 1 aliphatic heterocycles. The first-order chi connectivity index (χ1) is 3.30. The van der Waals surface area contributed by atoms with E-state index < -0.39 is 21.4 Å². The Morgan fingerprint density at radius 3 is 2.71 bits per heavy atom. The fourth-order valence-corrected chi connectivity index (χ4v) is 4.97. The van der Waals surface area contributed by atoms with Crippen LogP contribution >= 0.6 is 0 Å². The summed E-state index contributed by atoms with van der Waals surface area (Å²) in [6, 6.07) is 0. The van der Waals surface area contributed by atoms with E-state index in [9.17, 15) is 0 Å². The SMILES string of the molecule is [CH3][In]1[CH]=CC[CH]1N. The van der Waals surface area contributed by atoms with E-state index in [4.69, 9.17) is 5.73 Å². The molecule has 1 nitrogen and oxygen atoms in total. The average molecular weight is 199 g/mol. The molecule has 7 heavy (non-hydrogen) atoms. The summed E-state index contributed by atoms with van der Waals surface area (Å²) in [5.41, 5.74) is 5.71. The zero-order valence-corrected chi connectivity index (χ0v) is 7.89. The van der Waals surface area contributed by atoms with Gasteiger partial charge in [0.1, 0.15) is 0 Å². The molecule has 1 unspecified atom stereocenters. The Balaban J connectivity index is 2.45. The van der Waals surface area contributed by atoms with Gasteiger partial charge in [-0.15, -0.1) is 0 Å². The van der Waals surface area contributed by atoms with E-state index in [-0.39, 0.29) is 0 Å². The van der Waals surface area contributed by atoms with Gasteiger partial charge in [0.2, 0.25) is 0 Å². The molecule has 0 aromatic carbocycles. The minimum atomic E-state index is -1.14. The molecule has 1 rings (SSSR count). The Morgan fingerprint density at radius 2 is 2.57 bits per heavy atom. The Labute approximate surface area is 52.1 Å². The molecule has 0 radical (unpaired) electrons. The van der Waals surface area contributed by atoms with Gasteiger partial charge in [-0.1, -0.05) is 0 Å². The van der Waals surface area contributed by atoms with E-state index in [0.29, 0.717) is 3.80 Å². The van der Waals surface area contributed by atoms with Crippen LogP contribution in [0.1, 0.15) is 6.42 Å². The van der Waals surface area contributed by atoms with Gasteiger partial charge in [-0.25, -0.2) is 0 Å². The van der Waals surface area contributed by atoms with Crippen molar-refractivity contribution in [3.63, 3.8) is 0 Å². The summed E-state index contributed by atoms with van der Waals surface area (Å²) in [5.74, 6) is 0. The van der Waals surface area contributed by atoms with E-state index >= 15 is 0 Å². The zero-order valence-electron chi connectivity index (χ0n) is 4.59. The summed E-state index contributed by atoms with van der Waals surface area (Å²) in [6.07, 6.45) is 3.41. The summed E-state index contributed by atoms with van der Waals surface area (Å²) in [7, 11) is 0.